The van der Waals surface area contributed by atoms with Gasteiger partial charge in [-0.3, -0.25) is 4.68 Å². The van der Waals surface area contributed by atoms with Crippen LogP contribution in [0.4, 0.5) is 5.69 Å². The molecule has 0 atom stereocenters. The van der Waals surface area contributed by atoms with Crippen LogP contribution in [0.25, 0.3) is 0 Å². The van der Waals surface area contributed by atoms with Crippen LogP contribution in [0.3, 0.4) is 0 Å². The molecule has 0 spiro atoms. The van der Waals surface area contributed by atoms with Crippen molar-refractivity contribution in [1.82, 2.24) is 9.78 Å². The van der Waals surface area contributed by atoms with E-state index < -0.39 is 0 Å². The summed E-state index contributed by atoms with van der Waals surface area (Å²) < 4.78 is 1.81. The molecule has 0 saturated heterocycles. The first-order valence-electron chi connectivity index (χ1n) is 5.91. The van der Waals surface area contributed by atoms with Gasteiger partial charge in [0.2, 0.25) is 0 Å². The van der Waals surface area contributed by atoms with Gasteiger partial charge in [0.25, 0.3) is 0 Å². The first-order valence-corrected chi connectivity index (χ1v) is 7.04. The average Bonchev–Trinajstić information content (AvgIpc) is 2.72. The number of aromatic nitrogens is 2. The van der Waals surface area contributed by atoms with E-state index in [1.165, 1.54) is 0 Å². The number of halogens is 3. The van der Waals surface area contributed by atoms with Crippen molar-refractivity contribution < 1.29 is 0 Å². The predicted molar refractivity (Wildman–Crippen MR) is 81.4 cm³/mol. The monoisotopic (exact) mass is 317 g/mol. The summed E-state index contributed by atoms with van der Waals surface area (Å²) in [6.07, 6.45) is 2.89. The molecule has 19 heavy (non-hydrogen) atoms. The van der Waals surface area contributed by atoms with Crippen molar-refractivity contribution in [2.75, 3.05) is 5.32 Å². The van der Waals surface area contributed by atoms with Crippen molar-refractivity contribution in [3.63, 3.8) is 0 Å². The number of nitrogens with one attached hydrogen (secondary N) is 1. The van der Waals surface area contributed by atoms with Crippen molar-refractivity contribution in [2.45, 2.75) is 19.9 Å². The molecule has 0 radical (unpaired) electrons. The highest BCUT2D eigenvalue weighted by Crippen LogP contribution is 2.32. The fourth-order valence-corrected chi connectivity index (χ4v) is 2.49. The van der Waals surface area contributed by atoms with Crippen LogP contribution >= 0.6 is 34.8 Å². The van der Waals surface area contributed by atoms with E-state index in [-0.39, 0.29) is 0 Å². The van der Waals surface area contributed by atoms with Gasteiger partial charge in [0, 0.05) is 25.4 Å². The SMILES string of the molecule is CCc1nn(C)cc1CNc1cc(Cl)c(Cl)cc1Cl. The Balaban J connectivity index is 2.16. The maximum Gasteiger partial charge on any atom is 0.0671 e. The van der Waals surface area contributed by atoms with Crippen LogP contribution in [0.5, 0.6) is 0 Å². The summed E-state index contributed by atoms with van der Waals surface area (Å²) in [6, 6.07) is 3.37. The Bertz CT molecular complexity index is 593. The van der Waals surface area contributed by atoms with E-state index in [0.717, 1.165) is 23.4 Å². The van der Waals surface area contributed by atoms with Crippen LogP contribution in [-0.4, -0.2) is 9.78 Å². The molecule has 0 aliphatic carbocycles. The minimum atomic E-state index is 0.452. The molecule has 102 valence electrons. The van der Waals surface area contributed by atoms with Gasteiger partial charge in [-0.15, -0.1) is 0 Å². The standard InChI is InChI=1S/C13H14Cl3N3/c1-3-12-8(7-19(2)18-12)6-17-13-5-10(15)9(14)4-11(13)16/h4-5,7,17H,3,6H2,1-2H3. The number of nitrogens with zero attached hydrogens (tertiary/aromatic N) is 2. The lowest BCUT2D eigenvalue weighted by Gasteiger charge is -2.09. The van der Waals surface area contributed by atoms with E-state index in [9.17, 15) is 0 Å². The Kier molecular flexibility index (Phi) is 4.61. The number of anilines is 1. The largest absolute Gasteiger partial charge is 0.380 e. The molecule has 1 N–H and O–H groups in total. The van der Waals surface area contributed by atoms with Gasteiger partial charge in [-0.2, -0.15) is 5.10 Å². The van der Waals surface area contributed by atoms with Crippen LogP contribution in [0.2, 0.25) is 15.1 Å². The molecule has 0 aliphatic rings. The van der Waals surface area contributed by atoms with Gasteiger partial charge in [0.1, 0.15) is 0 Å². The number of hydrogen-bond acceptors (Lipinski definition) is 2. The topological polar surface area (TPSA) is 29.9 Å². The molecule has 0 saturated carbocycles. The number of rotatable bonds is 4. The van der Waals surface area contributed by atoms with Crippen LogP contribution in [-0.2, 0) is 20.0 Å². The number of aryl methyl sites for hydroxylation is 2. The first kappa shape index (κ1) is 14.5. The molecular formula is C13H14Cl3N3. The molecule has 0 fully saturated rings. The summed E-state index contributed by atoms with van der Waals surface area (Å²) in [5, 5.41) is 9.13. The molecule has 2 aromatic rings. The molecule has 6 heteroatoms. The zero-order valence-corrected chi connectivity index (χ0v) is 12.9. The highest BCUT2D eigenvalue weighted by Gasteiger charge is 2.09. The van der Waals surface area contributed by atoms with Gasteiger partial charge < -0.3 is 5.32 Å². The zero-order chi connectivity index (χ0) is 14.0. The zero-order valence-electron chi connectivity index (χ0n) is 10.7. The minimum absolute atomic E-state index is 0.452. The lowest BCUT2D eigenvalue weighted by Crippen LogP contribution is -2.01. The maximum absolute atomic E-state index is 6.12. The van der Waals surface area contributed by atoms with Gasteiger partial charge in [-0.25, -0.2) is 0 Å². The Morgan fingerprint density at radius 3 is 2.53 bits per heavy atom. The minimum Gasteiger partial charge on any atom is -0.380 e. The molecule has 2 rings (SSSR count). The first-order chi connectivity index (χ1) is 9.01. The molecule has 1 aromatic heterocycles. The third-order valence-corrected chi connectivity index (χ3v) is 3.84. The Morgan fingerprint density at radius 1 is 1.16 bits per heavy atom. The molecular weight excluding hydrogens is 305 g/mol. The summed E-state index contributed by atoms with van der Waals surface area (Å²) in [7, 11) is 1.91. The van der Waals surface area contributed by atoms with E-state index in [1.54, 1.807) is 12.1 Å². The van der Waals surface area contributed by atoms with E-state index in [4.69, 9.17) is 34.8 Å². The van der Waals surface area contributed by atoms with Crippen LogP contribution < -0.4 is 5.32 Å². The fourth-order valence-electron chi connectivity index (χ4n) is 1.88. The highest BCUT2D eigenvalue weighted by atomic mass is 35.5. The highest BCUT2D eigenvalue weighted by molar-refractivity contribution is 6.44. The number of benzene rings is 1. The third-order valence-electron chi connectivity index (χ3n) is 2.81. The van der Waals surface area contributed by atoms with Gasteiger partial charge in [-0.05, 0) is 18.6 Å². The van der Waals surface area contributed by atoms with Crippen molar-refractivity contribution >= 4 is 40.5 Å². The second kappa shape index (κ2) is 6.04. The molecule has 3 nitrogen and oxygen atoms in total. The third kappa shape index (κ3) is 3.35. The van der Waals surface area contributed by atoms with Crippen molar-refractivity contribution in [3.8, 4) is 0 Å². The molecule has 0 unspecified atom stereocenters. The lowest BCUT2D eigenvalue weighted by atomic mass is 10.2. The Hall–Kier alpha value is -0.900. The van der Waals surface area contributed by atoms with Gasteiger partial charge in [0.15, 0.2) is 0 Å². The van der Waals surface area contributed by atoms with E-state index in [1.807, 2.05) is 17.9 Å². The molecule has 0 amide bonds. The summed E-state index contributed by atoms with van der Waals surface area (Å²) in [6.45, 7) is 2.73. The summed E-state index contributed by atoms with van der Waals surface area (Å²) >= 11 is 18.0. The molecule has 1 heterocycles. The van der Waals surface area contributed by atoms with Crippen molar-refractivity contribution in [3.05, 3.63) is 44.7 Å². The van der Waals surface area contributed by atoms with Gasteiger partial charge in [-0.1, -0.05) is 41.7 Å². The number of hydrogen-bond donors (Lipinski definition) is 1. The quantitative estimate of drug-likeness (QED) is 0.838. The molecule has 0 bridgehead atoms. The Labute approximate surface area is 127 Å². The average molecular weight is 319 g/mol. The van der Waals surface area contributed by atoms with E-state index in [2.05, 4.69) is 17.3 Å². The Morgan fingerprint density at radius 2 is 1.84 bits per heavy atom. The molecule has 1 aromatic carbocycles. The van der Waals surface area contributed by atoms with Crippen molar-refractivity contribution in [2.24, 2.45) is 7.05 Å². The molecule has 0 aliphatic heterocycles. The normalized spacial score (nSPS) is 10.8. The van der Waals surface area contributed by atoms with Gasteiger partial charge >= 0.3 is 0 Å². The predicted octanol–water partition coefficient (Wildman–Crippen LogP) is 4.55. The summed E-state index contributed by atoms with van der Waals surface area (Å²) in [5.74, 6) is 0. The summed E-state index contributed by atoms with van der Waals surface area (Å²) in [5.41, 5.74) is 2.99. The second-order valence-electron chi connectivity index (χ2n) is 4.23. The second-order valence-corrected chi connectivity index (χ2v) is 5.45. The van der Waals surface area contributed by atoms with Crippen LogP contribution in [0, 0.1) is 0 Å². The van der Waals surface area contributed by atoms with Crippen LogP contribution in [0.15, 0.2) is 18.3 Å². The summed E-state index contributed by atoms with van der Waals surface area (Å²) in [4.78, 5) is 0. The van der Waals surface area contributed by atoms with E-state index in [0.29, 0.717) is 21.6 Å². The van der Waals surface area contributed by atoms with Gasteiger partial charge in [0.05, 0.1) is 26.4 Å². The van der Waals surface area contributed by atoms with E-state index >= 15 is 0 Å². The maximum atomic E-state index is 6.12. The smallest absolute Gasteiger partial charge is 0.0671 e. The van der Waals surface area contributed by atoms with Crippen molar-refractivity contribution in [1.29, 1.82) is 0 Å². The lowest BCUT2D eigenvalue weighted by molar-refractivity contribution is 0.746. The fraction of sp³-hybridized carbons (Fsp3) is 0.308. The van der Waals surface area contributed by atoms with Crippen LogP contribution in [0.1, 0.15) is 18.2 Å².